The van der Waals surface area contributed by atoms with Crippen molar-refractivity contribution in [2.24, 2.45) is 0 Å². The maximum Gasteiger partial charge on any atom is 0.257 e. The second kappa shape index (κ2) is 5.28. The molecule has 98 valence electrons. The van der Waals surface area contributed by atoms with E-state index in [2.05, 4.69) is 5.32 Å². The molecule has 1 amide bonds. The number of nitrogens with one attached hydrogen (secondary N) is 1. The van der Waals surface area contributed by atoms with E-state index in [4.69, 9.17) is 17.3 Å². The molecule has 0 saturated heterocycles. The summed E-state index contributed by atoms with van der Waals surface area (Å²) >= 11 is 5.96. The first-order valence-corrected chi connectivity index (χ1v) is 5.97. The fourth-order valence-corrected chi connectivity index (χ4v) is 1.77. The van der Waals surface area contributed by atoms with E-state index in [1.54, 1.807) is 18.2 Å². The van der Waals surface area contributed by atoms with Crippen LogP contribution in [0.15, 0.2) is 36.4 Å². The molecule has 0 saturated carbocycles. The fourth-order valence-electron chi connectivity index (χ4n) is 1.59. The van der Waals surface area contributed by atoms with Crippen molar-refractivity contribution < 1.29 is 9.18 Å². The zero-order valence-corrected chi connectivity index (χ0v) is 11.0. The van der Waals surface area contributed by atoms with Crippen LogP contribution in [0.4, 0.5) is 15.8 Å². The summed E-state index contributed by atoms with van der Waals surface area (Å²) in [5, 5.41) is 3.17. The van der Waals surface area contributed by atoms with E-state index in [1.165, 1.54) is 12.1 Å². The number of nitrogens with two attached hydrogens (primary N) is 1. The molecule has 19 heavy (non-hydrogen) atoms. The summed E-state index contributed by atoms with van der Waals surface area (Å²) in [6, 6.07) is 8.79. The number of carbonyl (C=O) groups is 1. The van der Waals surface area contributed by atoms with Crippen LogP contribution in [0.1, 0.15) is 15.9 Å². The quantitative estimate of drug-likeness (QED) is 0.824. The maximum atomic E-state index is 13.1. The number of aryl methyl sites for hydroxylation is 1. The number of halogens is 2. The summed E-state index contributed by atoms with van der Waals surface area (Å²) < 4.78 is 13.1. The zero-order chi connectivity index (χ0) is 14.0. The standard InChI is InChI=1S/C14H12ClFN2O/c1-8-2-4-10(7-12(8)15)18-14(19)11-6-9(16)3-5-13(11)17/h2-7H,17H2,1H3,(H,18,19). The minimum absolute atomic E-state index is 0.0942. The topological polar surface area (TPSA) is 55.1 Å². The van der Waals surface area contributed by atoms with Gasteiger partial charge >= 0.3 is 0 Å². The third kappa shape index (κ3) is 3.03. The molecule has 0 heterocycles. The van der Waals surface area contributed by atoms with Crippen molar-refractivity contribution in [2.45, 2.75) is 6.92 Å². The van der Waals surface area contributed by atoms with Gasteiger partial charge in [-0.25, -0.2) is 4.39 Å². The largest absolute Gasteiger partial charge is 0.398 e. The minimum atomic E-state index is -0.513. The first kappa shape index (κ1) is 13.4. The Bertz CT molecular complexity index is 643. The van der Waals surface area contributed by atoms with Crippen LogP contribution in [-0.2, 0) is 0 Å². The molecule has 2 aromatic carbocycles. The van der Waals surface area contributed by atoms with Gasteiger partial charge in [-0.2, -0.15) is 0 Å². The highest BCUT2D eigenvalue weighted by molar-refractivity contribution is 6.31. The second-order valence-electron chi connectivity index (χ2n) is 4.15. The van der Waals surface area contributed by atoms with Crippen LogP contribution in [0.2, 0.25) is 5.02 Å². The van der Waals surface area contributed by atoms with Crippen molar-refractivity contribution in [3.8, 4) is 0 Å². The maximum absolute atomic E-state index is 13.1. The monoisotopic (exact) mass is 278 g/mol. The Labute approximate surface area is 115 Å². The lowest BCUT2D eigenvalue weighted by Gasteiger charge is -2.08. The van der Waals surface area contributed by atoms with Gasteiger partial charge in [0.1, 0.15) is 5.82 Å². The second-order valence-corrected chi connectivity index (χ2v) is 4.56. The van der Waals surface area contributed by atoms with Gasteiger partial charge in [0.2, 0.25) is 0 Å². The van der Waals surface area contributed by atoms with E-state index in [0.29, 0.717) is 10.7 Å². The lowest BCUT2D eigenvalue weighted by molar-refractivity contribution is 0.102. The fraction of sp³-hybridized carbons (Fsp3) is 0.0714. The summed E-state index contributed by atoms with van der Waals surface area (Å²) in [6.07, 6.45) is 0. The van der Waals surface area contributed by atoms with Gasteiger partial charge in [0.25, 0.3) is 5.91 Å². The van der Waals surface area contributed by atoms with Crippen molar-refractivity contribution in [1.29, 1.82) is 0 Å². The highest BCUT2D eigenvalue weighted by Gasteiger charge is 2.11. The number of benzene rings is 2. The van der Waals surface area contributed by atoms with Crippen molar-refractivity contribution in [1.82, 2.24) is 0 Å². The number of carbonyl (C=O) groups excluding carboxylic acids is 1. The summed E-state index contributed by atoms with van der Waals surface area (Å²) in [5.41, 5.74) is 7.40. The molecule has 0 aliphatic heterocycles. The van der Waals surface area contributed by atoms with E-state index in [1.807, 2.05) is 6.92 Å². The highest BCUT2D eigenvalue weighted by atomic mass is 35.5. The van der Waals surface area contributed by atoms with E-state index >= 15 is 0 Å². The van der Waals surface area contributed by atoms with Crippen LogP contribution in [-0.4, -0.2) is 5.91 Å². The van der Waals surface area contributed by atoms with Gasteiger partial charge < -0.3 is 11.1 Å². The number of anilines is 2. The molecule has 0 fully saturated rings. The number of nitrogen functional groups attached to an aromatic ring is 1. The van der Waals surface area contributed by atoms with Gasteiger partial charge in [0, 0.05) is 16.4 Å². The molecule has 0 aliphatic carbocycles. The molecule has 0 spiro atoms. The van der Waals surface area contributed by atoms with Crippen LogP contribution in [0.25, 0.3) is 0 Å². The third-order valence-corrected chi connectivity index (χ3v) is 3.10. The van der Waals surface area contributed by atoms with Crippen molar-refractivity contribution in [3.05, 3.63) is 58.4 Å². The predicted molar refractivity (Wildman–Crippen MR) is 75.0 cm³/mol. The summed E-state index contributed by atoms with van der Waals surface area (Å²) in [4.78, 5) is 12.0. The Morgan fingerprint density at radius 2 is 2.00 bits per heavy atom. The molecule has 0 aliphatic rings. The van der Waals surface area contributed by atoms with Gasteiger partial charge in [-0.15, -0.1) is 0 Å². The molecule has 3 nitrogen and oxygen atoms in total. The van der Waals surface area contributed by atoms with Gasteiger partial charge in [-0.3, -0.25) is 4.79 Å². The average Bonchev–Trinajstić information content (AvgIpc) is 2.36. The molecule has 0 atom stereocenters. The van der Waals surface area contributed by atoms with Gasteiger partial charge in [-0.1, -0.05) is 17.7 Å². The van der Waals surface area contributed by atoms with Crippen LogP contribution in [0, 0.1) is 12.7 Å². The molecule has 3 N–H and O–H groups in total. The lowest BCUT2D eigenvalue weighted by atomic mass is 10.1. The first-order valence-electron chi connectivity index (χ1n) is 5.60. The van der Waals surface area contributed by atoms with Gasteiger partial charge in [-0.05, 0) is 42.8 Å². The third-order valence-electron chi connectivity index (χ3n) is 2.69. The van der Waals surface area contributed by atoms with Crippen LogP contribution in [0.3, 0.4) is 0 Å². The van der Waals surface area contributed by atoms with Gasteiger partial charge in [0.05, 0.1) is 5.56 Å². The first-order chi connectivity index (χ1) is 8.97. The van der Waals surface area contributed by atoms with Crippen LogP contribution < -0.4 is 11.1 Å². The number of amides is 1. The molecule has 5 heteroatoms. The molecular formula is C14H12ClFN2O. The van der Waals surface area contributed by atoms with Crippen molar-refractivity contribution in [3.63, 3.8) is 0 Å². The average molecular weight is 279 g/mol. The van der Waals surface area contributed by atoms with Crippen molar-refractivity contribution >= 4 is 28.9 Å². The number of hydrogen-bond acceptors (Lipinski definition) is 2. The van der Waals surface area contributed by atoms with Crippen molar-refractivity contribution in [2.75, 3.05) is 11.1 Å². The highest BCUT2D eigenvalue weighted by Crippen LogP contribution is 2.21. The van der Waals surface area contributed by atoms with E-state index < -0.39 is 11.7 Å². The van der Waals surface area contributed by atoms with Crippen LogP contribution >= 0.6 is 11.6 Å². The molecule has 0 aromatic heterocycles. The number of hydrogen-bond donors (Lipinski definition) is 2. The Morgan fingerprint density at radius 3 is 2.68 bits per heavy atom. The lowest BCUT2D eigenvalue weighted by Crippen LogP contribution is -2.14. The van der Waals surface area contributed by atoms with E-state index in [0.717, 1.165) is 11.6 Å². The SMILES string of the molecule is Cc1ccc(NC(=O)c2cc(F)ccc2N)cc1Cl. The summed E-state index contributed by atoms with van der Waals surface area (Å²) in [5.74, 6) is -0.988. The molecule has 0 radical (unpaired) electrons. The zero-order valence-electron chi connectivity index (χ0n) is 10.2. The smallest absolute Gasteiger partial charge is 0.257 e. The molecule has 2 rings (SSSR count). The van der Waals surface area contributed by atoms with E-state index in [-0.39, 0.29) is 11.3 Å². The Balaban J connectivity index is 2.25. The molecule has 0 bridgehead atoms. The Hall–Kier alpha value is -2.07. The Kier molecular flexibility index (Phi) is 3.71. The minimum Gasteiger partial charge on any atom is -0.398 e. The Morgan fingerprint density at radius 1 is 1.26 bits per heavy atom. The van der Waals surface area contributed by atoms with E-state index in [9.17, 15) is 9.18 Å². The normalized spacial score (nSPS) is 10.3. The molecular weight excluding hydrogens is 267 g/mol. The molecule has 0 unspecified atom stereocenters. The molecule has 2 aromatic rings. The summed E-state index contributed by atoms with van der Waals surface area (Å²) in [7, 11) is 0. The summed E-state index contributed by atoms with van der Waals surface area (Å²) in [6.45, 7) is 1.86. The number of rotatable bonds is 2. The predicted octanol–water partition coefficient (Wildman–Crippen LogP) is 3.62. The van der Waals surface area contributed by atoms with Crippen LogP contribution in [0.5, 0.6) is 0 Å². The van der Waals surface area contributed by atoms with Gasteiger partial charge in [0.15, 0.2) is 0 Å².